The summed E-state index contributed by atoms with van der Waals surface area (Å²) in [4.78, 5) is 0. The largest absolute Gasteiger partial charge is 0.508 e. The number of rotatable bonds is 1. The molecule has 3 heteroatoms. The summed E-state index contributed by atoms with van der Waals surface area (Å²) in [7, 11) is 0. The molecule has 0 aliphatic carbocycles. The number of fused-ring (bicyclic) bond motifs is 1. The van der Waals surface area contributed by atoms with Crippen molar-refractivity contribution in [1.82, 2.24) is 0 Å². The average Bonchev–Trinajstić information content (AvgIpc) is 2.17. The third-order valence-corrected chi connectivity index (χ3v) is 2.56. The van der Waals surface area contributed by atoms with Crippen molar-refractivity contribution in [2.45, 2.75) is 25.9 Å². The first-order chi connectivity index (χ1) is 6.70. The second-order valence-corrected chi connectivity index (χ2v) is 3.71. The number of hydrogen-bond acceptors (Lipinski definition) is 3. The fraction of sp³-hybridized carbons (Fsp3) is 0.455. The van der Waals surface area contributed by atoms with Gasteiger partial charge in [-0.25, -0.2) is 0 Å². The van der Waals surface area contributed by atoms with E-state index in [-0.39, 0.29) is 18.5 Å². The molecule has 0 fully saturated rings. The van der Waals surface area contributed by atoms with Gasteiger partial charge in [0.15, 0.2) is 0 Å². The smallest absolute Gasteiger partial charge is 0.126 e. The van der Waals surface area contributed by atoms with E-state index in [0.29, 0.717) is 0 Å². The Labute approximate surface area is 83.0 Å². The van der Waals surface area contributed by atoms with Crippen molar-refractivity contribution in [2.75, 3.05) is 6.61 Å². The summed E-state index contributed by atoms with van der Waals surface area (Å²) in [6, 6.07) is 3.41. The highest BCUT2D eigenvalue weighted by atomic mass is 16.5. The van der Waals surface area contributed by atoms with E-state index in [1.807, 2.05) is 6.92 Å². The molecule has 1 atom stereocenters. The summed E-state index contributed by atoms with van der Waals surface area (Å²) in [5.41, 5.74) is 1.96. The first kappa shape index (κ1) is 9.34. The lowest BCUT2D eigenvalue weighted by Crippen LogP contribution is -2.26. The molecule has 3 nitrogen and oxygen atoms in total. The van der Waals surface area contributed by atoms with Crippen LogP contribution in [0.25, 0.3) is 0 Å². The quantitative estimate of drug-likeness (QED) is 0.710. The number of phenolic OH excluding ortho intramolecular Hbond substituents is 1. The van der Waals surface area contributed by atoms with Crippen LogP contribution in [0.1, 0.15) is 17.5 Å². The highest BCUT2D eigenvalue weighted by molar-refractivity contribution is 5.47. The molecule has 2 rings (SSSR count). The molecule has 0 aromatic heterocycles. The standard InChI is InChI=1S/C11H14O3/c1-7-4-9(13)5-8-2-3-10(6-12)14-11(7)8/h4-5,10,12-13H,2-3,6H2,1H3. The molecule has 1 unspecified atom stereocenters. The molecule has 14 heavy (non-hydrogen) atoms. The van der Waals surface area contributed by atoms with Gasteiger partial charge in [-0.15, -0.1) is 0 Å². The topological polar surface area (TPSA) is 49.7 Å². The number of aliphatic hydroxyl groups excluding tert-OH is 1. The molecule has 1 aromatic carbocycles. The zero-order chi connectivity index (χ0) is 10.1. The van der Waals surface area contributed by atoms with Crippen molar-refractivity contribution >= 4 is 0 Å². The van der Waals surface area contributed by atoms with Crippen LogP contribution in [0.2, 0.25) is 0 Å². The van der Waals surface area contributed by atoms with Crippen LogP contribution >= 0.6 is 0 Å². The number of hydrogen-bond donors (Lipinski definition) is 2. The summed E-state index contributed by atoms with van der Waals surface area (Å²) in [5, 5.41) is 18.4. The minimum atomic E-state index is -0.0919. The lowest BCUT2D eigenvalue weighted by Gasteiger charge is -2.26. The maximum absolute atomic E-state index is 9.39. The van der Waals surface area contributed by atoms with Gasteiger partial charge >= 0.3 is 0 Å². The van der Waals surface area contributed by atoms with E-state index in [1.165, 1.54) is 0 Å². The van der Waals surface area contributed by atoms with Gasteiger partial charge in [-0.3, -0.25) is 0 Å². The minimum Gasteiger partial charge on any atom is -0.508 e. The van der Waals surface area contributed by atoms with Gasteiger partial charge in [0.2, 0.25) is 0 Å². The Morgan fingerprint density at radius 1 is 1.50 bits per heavy atom. The van der Waals surface area contributed by atoms with E-state index in [9.17, 15) is 5.11 Å². The first-order valence-corrected chi connectivity index (χ1v) is 4.80. The summed E-state index contributed by atoms with van der Waals surface area (Å²) >= 11 is 0. The maximum Gasteiger partial charge on any atom is 0.126 e. The zero-order valence-electron chi connectivity index (χ0n) is 8.16. The number of ether oxygens (including phenoxy) is 1. The Morgan fingerprint density at radius 2 is 2.29 bits per heavy atom. The molecule has 0 saturated heterocycles. The van der Waals surface area contributed by atoms with Gasteiger partial charge in [0.1, 0.15) is 17.6 Å². The SMILES string of the molecule is Cc1cc(O)cc2c1OC(CO)CC2. The second-order valence-electron chi connectivity index (χ2n) is 3.71. The molecule has 1 aliphatic heterocycles. The Balaban J connectivity index is 2.37. The Morgan fingerprint density at radius 3 is 3.00 bits per heavy atom. The third-order valence-electron chi connectivity index (χ3n) is 2.56. The van der Waals surface area contributed by atoms with Crippen molar-refractivity contribution in [1.29, 1.82) is 0 Å². The molecule has 0 radical (unpaired) electrons. The molecule has 0 bridgehead atoms. The van der Waals surface area contributed by atoms with E-state index in [1.54, 1.807) is 12.1 Å². The van der Waals surface area contributed by atoms with E-state index >= 15 is 0 Å². The number of phenols is 1. The van der Waals surface area contributed by atoms with E-state index < -0.39 is 0 Å². The molecule has 1 aliphatic rings. The number of aliphatic hydroxyl groups is 1. The first-order valence-electron chi connectivity index (χ1n) is 4.80. The van der Waals surface area contributed by atoms with E-state index in [2.05, 4.69) is 0 Å². The Kier molecular flexibility index (Phi) is 2.33. The Hall–Kier alpha value is -1.22. The molecule has 2 N–H and O–H groups in total. The predicted octanol–water partition coefficient (Wildman–Crippen LogP) is 1.39. The third kappa shape index (κ3) is 1.55. The van der Waals surface area contributed by atoms with Gasteiger partial charge in [-0.2, -0.15) is 0 Å². The van der Waals surface area contributed by atoms with Gasteiger partial charge in [-0.05, 0) is 43.0 Å². The Bertz CT molecular complexity index is 347. The van der Waals surface area contributed by atoms with Crippen molar-refractivity contribution in [2.24, 2.45) is 0 Å². The summed E-state index contributed by atoms with van der Waals surface area (Å²) in [6.07, 6.45) is 1.58. The van der Waals surface area contributed by atoms with Crippen LogP contribution in [-0.2, 0) is 6.42 Å². The normalized spacial score (nSPS) is 20.0. The second kappa shape index (κ2) is 3.50. The van der Waals surface area contributed by atoms with Crippen molar-refractivity contribution < 1.29 is 14.9 Å². The van der Waals surface area contributed by atoms with Crippen LogP contribution in [0, 0.1) is 6.92 Å². The lowest BCUT2D eigenvalue weighted by molar-refractivity contribution is 0.0969. The minimum absolute atomic E-state index is 0.0553. The monoisotopic (exact) mass is 194 g/mol. The van der Waals surface area contributed by atoms with Gasteiger partial charge < -0.3 is 14.9 Å². The van der Waals surface area contributed by atoms with Gasteiger partial charge in [0.25, 0.3) is 0 Å². The predicted molar refractivity (Wildman–Crippen MR) is 52.7 cm³/mol. The molecular formula is C11H14O3. The molecule has 76 valence electrons. The number of aryl methyl sites for hydroxylation is 2. The van der Waals surface area contributed by atoms with Gasteiger partial charge in [-0.1, -0.05) is 0 Å². The fourth-order valence-corrected chi connectivity index (χ4v) is 1.85. The van der Waals surface area contributed by atoms with Crippen molar-refractivity contribution in [3.05, 3.63) is 23.3 Å². The number of aromatic hydroxyl groups is 1. The van der Waals surface area contributed by atoms with Crippen LogP contribution in [0.3, 0.4) is 0 Å². The molecular weight excluding hydrogens is 180 g/mol. The number of benzene rings is 1. The van der Waals surface area contributed by atoms with Crippen molar-refractivity contribution in [3.8, 4) is 11.5 Å². The van der Waals surface area contributed by atoms with Crippen LogP contribution < -0.4 is 4.74 Å². The molecule has 0 amide bonds. The van der Waals surface area contributed by atoms with Gasteiger partial charge in [0.05, 0.1) is 6.61 Å². The highest BCUT2D eigenvalue weighted by Gasteiger charge is 2.20. The maximum atomic E-state index is 9.39. The van der Waals surface area contributed by atoms with Crippen molar-refractivity contribution in [3.63, 3.8) is 0 Å². The van der Waals surface area contributed by atoms with Crippen LogP contribution in [0.4, 0.5) is 0 Å². The summed E-state index contributed by atoms with van der Waals surface area (Å²) in [6.45, 7) is 1.96. The molecule has 0 spiro atoms. The zero-order valence-corrected chi connectivity index (χ0v) is 8.16. The highest BCUT2D eigenvalue weighted by Crippen LogP contribution is 2.33. The van der Waals surface area contributed by atoms with Crippen LogP contribution in [0.5, 0.6) is 11.5 Å². The fourth-order valence-electron chi connectivity index (χ4n) is 1.85. The summed E-state index contributed by atoms with van der Waals surface area (Å²) < 4.78 is 5.61. The lowest BCUT2D eigenvalue weighted by atomic mass is 9.99. The molecule has 1 aromatic rings. The average molecular weight is 194 g/mol. The molecule has 1 heterocycles. The van der Waals surface area contributed by atoms with E-state index in [4.69, 9.17) is 9.84 Å². The molecule has 0 saturated carbocycles. The van der Waals surface area contributed by atoms with Crippen LogP contribution in [0.15, 0.2) is 12.1 Å². The van der Waals surface area contributed by atoms with Crippen LogP contribution in [-0.4, -0.2) is 22.9 Å². The summed E-state index contributed by atoms with van der Waals surface area (Å²) in [5.74, 6) is 1.11. The van der Waals surface area contributed by atoms with E-state index in [0.717, 1.165) is 29.7 Å². The van der Waals surface area contributed by atoms with Gasteiger partial charge in [0, 0.05) is 0 Å².